The van der Waals surface area contributed by atoms with Gasteiger partial charge < -0.3 is 20.1 Å². The number of rotatable bonds is 5. The molecule has 1 saturated carbocycles. The number of fused-ring (bicyclic) bond motifs is 1. The van der Waals surface area contributed by atoms with Crippen LogP contribution in [0.2, 0.25) is 0 Å². The van der Waals surface area contributed by atoms with Gasteiger partial charge in [0.05, 0.1) is 17.9 Å². The number of H-pyrrole nitrogens is 1. The lowest BCUT2D eigenvalue weighted by molar-refractivity contribution is -0.114. The van der Waals surface area contributed by atoms with Crippen LogP contribution in [0, 0.1) is 0 Å². The van der Waals surface area contributed by atoms with E-state index in [1.165, 1.54) is 6.92 Å². The van der Waals surface area contributed by atoms with Crippen LogP contribution in [0.25, 0.3) is 10.9 Å². The number of amides is 1. The molecular weight excluding hydrogens is 330 g/mol. The van der Waals surface area contributed by atoms with Crippen molar-refractivity contribution in [3.63, 3.8) is 0 Å². The van der Waals surface area contributed by atoms with Gasteiger partial charge in [0, 0.05) is 43.3 Å². The van der Waals surface area contributed by atoms with E-state index in [2.05, 4.69) is 10.3 Å². The highest BCUT2D eigenvalue weighted by molar-refractivity contribution is 6.01. The average Bonchev–Trinajstić information content (AvgIpc) is 2.93. The summed E-state index contributed by atoms with van der Waals surface area (Å²) in [5.74, 6) is -2.22. The van der Waals surface area contributed by atoms with E-state index >= 15 is 0 Å². The summed E-state index contributed by atoms with van der Waals surface area (Å²) < 4.78 is 32.1. The van der Waals surface area contributed by atoms with Gasteiger partial charge in [-0.05, 0) is 31.0 Å². The summed E-state index contributed by atoms with van der Waals surface area (Å²) in [7, 11) is 0. The fourth-order valence-electron chi connectivity index (χ4n) is 3.17. The summed E-state index contributed by atoms with van der Waals surface area (Å²) in [6.45, 7) is 1.68. The first-order chi connectivity index (χ1) is 11.8. The molecular formula is C18H22F2N2O3. The predicted molar refractivity (Wildman–Crippen MR) is 91.1 cm³/mol. The second-order valence-corrected chi connectivity index (χ2v) is 6.77. The van der Waals surface area contributed by atoms with Gasteiger partial charge in [-0.25, -0.2) is 8.78 Å². The van der Waals surface area contributed by atoms with E-state index in [1.807, 2.05) is 6.07 Å². The zero-order chi connectivity index (χ0) is 18.1. The monoisotopic (exact) mass is 352 g/mol. The van der Waals surface area contributed by atoms with Gasteiger partial charge in [-0.15, -0.1) is 0 Å². The summed E-state index contributed by atoms with van der Waals surface area (Å²) in [4.78, 5) is 14.3. The Labute approximate surface area is 144 Å². The molecule has 2 aromatic rings. The van der Waals surface area contributed by atoms with E-state index in [0.717, 1.165) is 10.9 Å². The normalized spacial score (nSPS) is 18.9. The number of carbonyl (C=O) groups excluding carboxylic acids is 1. The first-order valence-corrected chi connectivity index (χ1v) is 8.38. The molecule has 0 saturated heterocycles. The van der Waals surface area contributed by atoms with Gasteiger partial charge in [0.15, 0.2) is 0 Å². The maximum atomic E-state index is 13.2. The molecule has 1 amide bonds. The summed E-state index contributed by atoms with van der Waals surface area (Å²) in [5.41, 5.74) is 0.451. The van der Waals surface area contributed by atoms with E-state index in [4.69, 9.17) is 4.74 Å². The Hall–Kier alpha value is -2.15. The molecule has 0 unspecified atom stereocenters. The number of anilines is 1. The summed E-state index contributed by atoms with van der Waals surface area (Å²) in [5, 5.41) is 14.0. The molecule has 3 rings (SSSR count). The van der Waals surface area contributed by atoms with Crippen molar-refractivity contribution in [3.8, 4) is 5.75 Å². The maximum absolute atomic E-state index is 13.2. The zero-order valence-corrected chi connectivity index (χ0v) is 14.1. The minimum absolute atomic E-state index is 0.0902. The number of hydrogen-bond donors (Lipinski definition) is 3. The molecule has 25 heavy (non-hydrogen) atoms. The number of aromatic amines is 1. The van der Waals surface area contributed by atoms with Gasteiger partial charge in [0.2, 0.25) is 11.8 Å². The van der Waals surface area contributed by atoms with Crippen molar-refractivity contribution in [1.29, 1.82) is 0 Å². The van der Waals surface area contributed by atoms with Crippen LogP contribution in [-0.2, 0) is 4.79 Å². The molecule has 3 N–H and O–H groups in total. The quantitative estimate of drug-likeness (QED) is 0.765. The molecule has 136 valence electrons. The number of hydrogen-bond acceptors (Lipinski definition) is 3. The zero-order valence-electron chi connectivity index (χ0n) is 14.1. The number of benzene rings is 1. The molecule has 1 aromatic heterocycles. The highest BCUT2D eigenvalue weighted by atomic mass is 19.3. The molecule has 0 atom stereocenters. The van der Waals surface area contributed by atoms with Crippen LogP contribution >= 0.6 is 0 Å². The predicted octanol–water partition coefficient (Wildman–Crippen LogP) is 3.84. The van der Waals surface area contributed by atoms with Crippen molar-refractivity contribution in [3.05, 3.63) is 24.4 Å². The van der Waals surface area contributed by atoms with Crippen molar-refractivity contribution in [2.24, 2.45) is 0 Å². The van der Waals surface area contributed by atoms with E-state index in [9.17, 15) is 18.7 Å². The third-order valence-corrected chi connectivity index (χ3v) is 4.71. The van der Waals surface area contributed by atoms with Crippen molar-refractivity contribution < 1.29 is 23.4 Å². The number of aliphatic hydroxyl groups is 1. The summed E-state index contributed by atoms with van der Waals surface area (Å²) in [6, 6.07) is 5.43. The van der Waals surface area contributed by atoms with Gasteiger partial charge in [-0.3, -0.25) is 4.79 Å². The molecule has 1 aliphatic rings. The number of halogens is 2. The number of alkyl halides is 2. The molecule has 1 aromatic carbocycles. The second-order valence-electron chi connectivity index (χ2n) is 6.77. The molecule has 0 aliphatic heterocycles. The number of nitrogens with one attached hydrogen (secondary N) is 2. The lowest BCUT2D eigenvalue weighted by Crippen LogP contribution is -2.39. The molecule has 0 bridgehead atoms. The molecule has 1 heterocycles. The third kappa shape index (κ3) is 4.28. The third-order valence-electron chi connectivity index (χ3n) is 4.71. The van der Waals surface area contributed by atoms with E-state index < -0.39 is 11.5 Å². The van der Waals surface area contributed by atoms with Gasteiger partial charge in [0.1, 0.15) is 5.75 Å². The van der Waals surface area contributed by atoms with Gasteiger partial charge in [-0.2, -0.15) is 0 Å². The van der Waals surface area contributed by atoms with Crippen molar-refractivity contribution in [2.75, 3.05) is 11.9 Å². The Balaban J connectivity index is 1.60. The molecule has 5 nitrogen and oxygen atoms in total. The minimum Gasteiger partial charge on any atom is -0.493 e. The van der Waals surface area contributed by atoms with Gasteiger partial charge >= 0.3 is 0 Å². The topological polar surface area (TPSA) is 74.4 Å². The SMILES string of the molecule is CC(=O)Nc1c[nH]c2ccc(OCCC3(O)CCC(F)(F)CC3)cc12. The van der Waals surface area contributed by atoms with Crippen LogP contribution in [0.5, 0.6) is 5.75 Å². The number of ether oxygens (including phenoxy) is 1. The molecule has 1 fully saturated rings. The Morgan fingerprint density at radius 2 is 2.04 bits per heavy atom. The van der Waals surface area contributed by atoms with Crippen molar-refractivity contribution in [2.45, 2.75) is 50.6 Å². The number of aromatic nitrogens is 1. The van der Waals surface area contributed by atoms with Crippen LogP contribution < -0.4 is 10.1 Å². The van der Waals surface area contributed by atoms with Crippen LogP contribution in [0.4, 0.5) is 14.5 Å². The minimum atomic E-state index is -2.66. The Morgan fingerprint density at radius 1 is 1.32 bits per heavy atom. The summed E-state index contributed by atoms with van der Waals surface area (Å²) in [6.07, 6.45) is 1.64. The fourth-order valence-corrected chi connectivity index (χ4v) is 3.17. The maximum Gasteiger partial charge on any atom is 0.248 e. The van der Waals surface area contributed by atoms with E-state index in [0.29, 0.717) is 17.9 Å². The van der Waals surface area contributed by atoms with Crippen LogP contribution in [0.3, 0.4) is 0 Å². The average molecular weight is 352 g/mol. The van der Waals surface area contributed by atoms with Crippen molar-refractivity contribution >= 4 is 22.5 Å². The van der Waals surface area contributed by atoms with Crippen LogP contribution in [-0.4, -0.2) is 34.1 Å². The standard InChI is InChI=1S/C18H22F2N2O3/c1-12(23)22-16-11-21-15-3-2-13(10-14(15)16)25-9-8-17(24)4-6-18(19,20)7-5-17/h2-3,10-11,21,24H,4-9H2,1H3,(H,22,23). The fraction of sp³-hybridized carbons (Fsp3) is 0.500. The van der Waals surface area contributed by atoms with E-state index in [-0.39, 0.29) is 38.2 Å². The Kier molecular flexibility index (Phi) is 4.69. The first kappa shape index (κ1) is 17.7. The van der Waals surface area contributed by atoms with Crippen LogP contribution in [0.15, 0.2) is 24.4 Å². The first-order valence-electron chi connectivity index (χ1n) is 8.38. The van der Waals surface area contributed by atoms with Gasteiger partial charge in [0.25, 0.3) is 0 Å². The largest absolute Gasteiger partial charge is 0.493 e. The smallest absolute Gasteiger partial charge is 0.248 e. The highest BCUT2D eigenvalue weighted by Gasteiger charge is 2.41. The van der Waals surface area contributed by atoms with Gasteiger partial charge in [-0.1, -0.05) is 0 Å². The molecule has 0 spiro atoms. The Bertz CT molecular complexity index is 763. The van der Waals surface area contributed by atoms with Crippen LogP contribution in [0.1, 0.15) is 39.0 Å². The Morgan fingerprint density at radius 3 is 2.72 bits per heavy atom. The number of carbonyl (C=O) groups is 1. The lowest BCUT2D eigenvalue weighted by Gasteiger charge is -2.35. The van der Waals surface area contributed by atoms with Crippen molar-refractivity contribution in [1.82, 2.24) is 4.98 Å². The molecule has 1 aliphatic carbocycles. The van der Waals surface area contributed by atoms with E-state index in [1.54, 1.807) is 18.3 Å². The molecule has 7 heteroatoms. The summed E-state index contributed by atoms with van der Waals surface area (Å²) >= 11 is 0. The lowest BCUT2D eigenvalue weighted by atomic mass is 9.81. The molecule has 0 radical (unpaired) electrons. The second kappa shape index (κ2) is 6.63. The highest BCUT2D eigenvalue weighted by Crippen LogP contribution is 2.40.